The van der Waals surface area contributed by atoms with Crippen LogP contribution in [0.5, 0.6) is 5.75 Å². The molecule has 3 nitrogen and oxygen atoms in total. The number of halogens is 1. The Balaban J connectivity index is 1.90. The molecule has 1 heterocycles. The SMILES string of the molecule is COc1cc(N2Cc3ccc(N)cc3C2)ccc1Cl. The molecular weight excluding hydrogens is 260 g/mol. The molecule has 0 fully saturated rings. The van der Waals surface area contributed by atoms with Gasteiger partial charge in [0.25, 0.3) is 0 Å². The van der Waals surface area contributed by atoms with Gasteiger partial charge in [0.15, 0.2) is 0 Å². The molecule has 19 heavy (non-hydrogen) atoms. The average Bonchev–Trinajstić information content (AvgIpc) is 2.82. The van der Waals surface area contributed by atoms with Gasteiger partial charge >= 0.3 is 0 Å². The van der Waals surface area contributed by atoms with Crippen LogP contribution in [0, 0.1) is 0 Å². The number of fused-ring (bicyclic) bond motifs is 1. The zero-order valence-electron chi connectivity index (χ0n) is 10.7. The first-order valence-corrected chi connectivity index (χ1v) is 6.51. The van der Waals surface area contributed by atoms with Crippen LogP contribution in [-0.4, -0.2) is 7.11 Å². The maximum atomic E-state index is 6.05. The smallest absolute Gasteiger partial charge is 0.139 e. The number of benzene rings is 2. The summed E-state index contributed by atoms with van der Waals surface area (Å²) in [5, 5.41) is 0.632. The summed E-state index contributed by atoms with van der Waals surface area (Å²) >= 11 is 6.05. The Labute approximate surface area is 117 Å². The predicted molar refractivity (Wildman–Crippen MR) is 78.7 cm³/mol. The second kappa shape index (κ2) is 4.67. The van der Waals surface area contributed by atoms with Crippen LogP contribution in [-0.2, 0) is 13.1 Å². The summed E-state index contributed by atoms with van der Waals surface area (Å²) in [6.45, 7) is 1.76. The topological polar surface area (TPSA) is 38.5 Å². The van der Waals surface area contributed by atoms with Gasteiger partial charge < -0.3 is 15.4 Å². The Kier molecular flexibility index (Phi) is 2.99. The maximum Gasteiger partial charge on any atom is 0.139 e. The molecule has 0 aliphatic carbocycles. The van der Waals surface area contributed by atoms with Crippen LogP contribution in [0.25, 0.3) is 0 Å². The summed E-state index contributed by atoms with van der Waals surface area (Å²) in [5.41, 5.74) is 10.4. The lowest BCUT2D eigenvalue weighted by molar-refractivity contribution is 0.415. The maximum absolute atomic E-state index is 6.05. The molecule has 0 bridgehead atoms. The Morgan fingerprint density at radius 3 is 2.68 bits per heavy atom. The first-order valence-electron chi connectivity index (χ1n) is 6.13. The molecule has 0 aromatic heterocycles. The summed E-state index contributed by atoms with van der Waals surface area (Å²) in [6.07, 6.45) is 0. The van der Waals surface area contributed by atoms with E-state index in [1.165, 1.54) is 11.1 Å². The van der Waals surface area contributed by atoms with E-state index in [4.69, 9.17) is 22.1 Å². The molecule has 1 aliphatic rings. The first-order chi connectivity index (χ1) is 9.17. The van der Waals surface area contributed by atoms with Gasteiger partial charge in [0.05, 0.1) is 12.1 Å². The highest BCUT2D eigenvalue weighted by Crippen LogP contribution is 2.34. The van der Waals surface area contributed by atoms with Gasteiger partial charge in [0.1, 0.15) is 5.75 Å². The van der Waals surface area contributed by atoms with E-state index in [1.807, 2.05) is 30.3 Å². The number of hydrogen-bond donors (Lipinski definition) is 1. The molecule has 0 radical (unpaired) electrons. The van der Waals surface area contributed by atoms with Crippen molar-refractivity contribution in [2.75, 3.05) is 17.7 Å². The summed E-state index contributed by atoms with van der Waals surface area (Å²) < 4.78 is 5.26. The number of ether oxygens (including phenoxy) is 1. The fraction of sp³-hybridized carbons (Fsp3) is 0.200. The number of nitrogen functional groups attached to an aromatic ring is 1. The van der Waals surface area contributed by atoms with Gasteiger partial charge in [-0.05, 0) is 35.4 Å². The number of hydrogen-bond acceptors (Lipinski definition) is 3. The number of rotatable bonds is 2. The molecule has 2 aromatic carbocycles. The normalized spacial score (nSPS) is 13.5. The molecule has 2 N–H and O–H groups in total. The van der Waals surface area contributed by atoms with Gasteiger partial charge in [0, 0.05) is 30.5 Å². The molecule has 0 saturated carbocycles. The van der Waals surface area contributed by atoms with E-state index in [0.717, 1.165) is 24.5 Å². The molecule has 1 aliphatic heterocycles. The Morgan fingerprint density at radius 2 is 1.89 bits per heavy atom. The molecule has 0 saturated heterocycles. The number of anilines is 2. The zero-order chi connectivity index (χ0) is 13.4. The first kappa shape index (κ1) is 12.2. The van der Waals surface area contributed by atoms with E-state index < -0.39 is 0 Å². The lowest BCUT2D eigenvalue weighted by Gasteiger charge is -2.18. The van der Waals surface area contributed by atoms with Crippen LogP contribution in [0.4, 0.5) is 11.4 Å². The third-order valence-corrected chi connectivity index (χ3v) is 3.76. The third-order valence-electron chi connectivity index (χ3n) is 3.45. The molecular formula is C15H15ClN2O. The van der Waals surface area contributed by atoms with Gasteiger partial charge in [-0.15, -0.1) is 0 Å². The van der Waals surface area contributed by atoms with Crippen molar-refractivity contribution in [3.63, 3.8) is 0 Å². The molecule has 0 unspecified atom stereocenters. The van der Waals surface area contributed by atoms with Crippen LogP contribution < -0.4 is 15.4 Å². The van der Waals surface area contributed by atoms with Gasteiger partial charge in [0.2, 0.25) is 0 Å². The van der Waals surface area contributed by atoms with E-state index in [1.54, 1.807) is 7.11 Å². The fourth-order valence-electron chi connectivity index (χ4n) is 2.44. The second-order valence-corrected chi connectivity index (χ2v) is 5.11. The van der Waals surface area contributed by atoms with Crippen LogP contribution >= 0.6 is 11.6 Å². The molecule has 4 heteroatoms. The fourth-order valence-corrected chi connectivity index (χ4v) is 2.64. The van der Waals surface area contributed by atoms with E-state index in [9.17, 15) is 0 Å². The van der Waals surface area contributed by atoms with Gasteiger partial charge in [-0.1, -0.05) is 17.7 Å². The zero-order valence-corrected chi connectivity index (χ0v) is 11.4. The van der Waals surface area contributed by atoms with Crippen molar-refractivity contribution in [2.24, 2.45) is 0 Å². The van der Waals surface area contributed by atoms with Crippen molar-refractivity contribution in [2.45, 2.75) is 13.1 Å². The van der Waals surface area contributed by atoms with Gasteiger partial charge in [-0.25, -0.2) is 0 Å². The summed E-state index contributed by atoms with van der Waals surface area (Å²) in [4.78, 5) is 2.28. The summed E-state index contributed by atoms with van der Waals surface area (Å²) in [7, 11) is 1.63. The van der Waals surface area contributed by atoms with E-state index >= 15 is 0 Å². The number of nitrogens with two attached hydrogens (primary N) is 1. The standard InChI is InChI=1S/C15H15ClN2O/c1-19-15-7-13(4-5-14(15)16)18-8-10-2-3-12(17)6-11(10)9-18/h2-7H,8-9,17H2,1H3. The minimum atomic E-state index is 0.632. The van der Waals surface area contributed by atoms with Crippen LogP contribution in [0.3, 0.4) is 0 Å². The third kappa shape index (κ3) is 2.22. The monoisotopic (exact) mass is 274 g/mol. The van der Waals surface area contributed by atoms with Crippen molar-refractivity contribution in [1.29, 1.82) is 0 Å². The number of nitrogens with zero attached hydrogens (tertiary/aromatic N) is 1. The molecule has 0 atom stereocenters. The molecule has 2 aromatic rings. The van der Waals surface area contributed by atoms with Gasteiger partial charge in [-0.2, -0.15) is 0 Å². The van der Waals surface area contributed by atoms with Crippen LogP contribution in [0.15, 0.2) is 36.4 Å². The average molecular weight is 275 g/mol. The number of methoxy groups -OCH3 is 1. The lowest BCUT2D eigenvalue weighted by Crippen LogP contribution is -2.14. The van der Waals surface area contributed by atoms with Crippen molar-refractivity contribution in [3.8, 4) is 5.75 Å². The van der Waals surface area contributed by atoms with Crippen LogP contribution in [0.2, 0.25) is 5.02 Å². The highest BCUT2D eigenvalue weighted by Gasteiger charge is 2.20. The van der Waals surface area contributed by atoms with E-state index in [0.29, 0.717) is 10.8 Å². The Morgan fingerprint density at radius 1 is 1.11 bits per heavy atom. The second-order valence-electron chi connectivity index (χ2n) is 4.70. The van der Waals surface area contributed by atoms with Crippen molar-refractivity contribution >= 4 is 23.0 Å². The Hall–Kier alpha value is -1.87. The van der Waals surface area contributed by atoms with E-state index in [2.05, 4.69) is 11.0 Å². The molecule has 98 valence electrons. The van der Waals surface area contributed by atoms with E-state index in [-0.39, 0.29) is 0 Å². The summed E-state index contributed by atoms with van der Waals surface area (Å²) in [6, 6.07) is 11.9. The van der Waals surface area contributed by atoms with Crippen molar-refractivity contribution < 1.29 is 4.74 Å². The predicted octanol–water partition coefficient (Wildman–Crippen LogP) is 3.45. The van der Waals surface area contributed by atoms with Crippen molar-refractivity contribution in [1.82, 2.24) is 0 Å². The lowest BCUT2D eigenvalue weighted by atomic mass is 10.1. The summed E-state index contributed by atoms with van der Waals surface area (Å²) in [5.74, 6) is 0.703. The molecule has 0 spiro atoms. The molecule has 0 amide bonds. The van der Waals surface area contributed by atoms with Crippen LogP contribution in [0.1, 0.15) is 11.1 Å². The highest BCUT2D eigenvalue weighted by molar-refractivity contribution is 6.32. The minimum Gasteiger partial charge on any atom is -0.495 e. The van der Waals surface area contributed by atoms with Gasteiger partial charge in [-0.3, -0.25) is 0 Å². The Bertz CT molecular complexity index is 628. The quantitative estimate of drug-likeness (QED) is 0.853. The van der Waals surface area contributed by atoms with Crippen molar-refractivity contribution in [3.05, 3.63) is 52.5 Å². The molecule has 3 rings (SSSR count). The largest absolute Gasteiger partial charge is 0.495 e. The minimum absolute atomic E-state index is 0.632. The highest BCUT2D eigenvalue weighted by atomic mass is 35.5.